The minimum Gasteiger partial charge on any atom is -0.492 e. The molecule has 0 saturated carbocycles. The number of rotatable bonds is 8. The lowest BCUT2D eigenvalue weighted by molar-refractivity contribution is 0.0698. The minimum atomic E-state index is -1.17. The lowest BCUT2D eigenvalue weighted by Gasteiger charge is -2.18. The van der Waals surface area contributed by atoms with Crippen LogP contribution in [0.2, 0.25) is 0 Å². The molecule has 0 unspecified atom stereocenters. The van der Waals surface area contributed by atoms with Crippen LogP contribution in [0.4, 0.5) is 5.69 Å². The number of fused-ring (bicyclic) bond motifs is 1. The van der Waals surface area contributed by atoms with Gasteiger partial charge in [-0.1, -0.05) is 38.1 Å². The summed E-state index contributed by atoms with van der Waals surface area (Å²) in [5, 5.41) is 12.7. The number of aryl methyl sites for hydroxylation is 1. The standard InChI is InChI=1S/C24H26N2O5/c1-4-31-21-17-10-6-8-12-19(17)26(14-13-15(2)3)23(28)20(21)22(27)25-18-11-7-5-9-16(18)24(29)30/h5-12,15H,4,13-14H2,1-3H3,(H,25,27)(H,29,30). The van der Waals surface area contributed by atoms with Crippen LogP contribution in [0.1, 0.15) is 47.9 Å². The number of nitrogens with zero attached hydrogens (tertiary/aromatic N) is 1. The highest BCUT2D eigenvalue weighted by Gasteiger charge is 2.25. The Hall–Kier alpha value is -3.61. The van der Waals surface area contributed by atoms with Crippen molar-refractivity contribution in [1.82, 2.24) is 4.57 Å². The number of para-hydroxylation sites is 2. The predicted molar refractivity (Wildman–Crippen MR) is 120 cm³/mol. The second kappa shape index (κ2) is 9.47. The topological polar surface area (TPSA) is 97.6 Å². The predicted octanol–water partition coefficient (Wildman–Crippen LogP) is 4.40. The largest absolute Gasteiger partial charge is 0.492 e. The molecule has 0 radical (unpaired) electrons. The Morgan fingerprint density at radius 3 is 2.45 bits per heavy atom. The van der Waals surface area contributed by atoms with E-state index < -0.39 is 17.4 Å². The molecule has 1 amide bonds. The van der Waals surface area contributed by atoms with E-state index in [0.717, 1.165) is 6.42 Å². The van der Waals surface area contributed by atoms with Crippen LogP contribution < -0.4 is 15.6 Å². The summed E-state index contributed by atoms with van der Waals surface area (Å²) in [5.74, 6) is -1.30. The average molecular weight is 422 g/mol. The molecule has 3 aromatic rings. The molecule has 1 heterocycles. The third kappa shape index (κ3) is 4.60. The van der Waals surface area contributed by atoms with Gasteiger partial charge < -0.3 is 19.7 Å². The number of anilines is 1. The lowest BCUT2D eigenvalue weighted by atomic mass is 10.1. The third-order valence-corrected chi connectivity index (χ3v) is 4.98. The number of aromatic carboxylic acids is 1. The monoisotopic (exact) mass is 422 g/mol. The fourth-order valence-electron chi connectivity index (χ4n) is 3.44. The number of carboxylic acid groups (broad SMARTS) is 1. The number of carbonyl (C=O) groups is 2. The highest BCUT2D eigenvalue weighted by molar-refractivity contribution is 6.11. The number of pyridine rings is 1. The van der Waals surface area contributed by atoms with Gasteiger partial charge in [0.2, 0.25) is 0 Å². The second-order valence-electron chi connectivity index (χ2n) is 7.60. The molecule has 0 saturated heterocycles. The summed E-state index contributed by atoms with van der Waals surface area (Å²) in [5.41, 5.74) is 0.148. The van der Waals surface area contributed by atoms with E-state index in [2.05, 4.69) is 19.2 Å². The van der Waals surface area contributed by atoms with Gasteiger partial charge in [-0.3, -0.25) is 9.59 Å². The summed E-state index contributed by atoms with van der Waals surface area (Å²) in [7, 11) is 0. The number of aromatic nitrogens is 1. The van der Waals surface area contributed by atoms with Crippen LogP contribution in [0.5, 0.6) is 5.75 Å². The summed E-state index contributed by atoms with van der Waals surface area (Å²) in [6.07, 6.45) is 0.765. The van der Waals surface area contributed by atoms with Crippen LogP contribution in [0.25, 0.3) is 10.9 Å². The van der Waals surface area contributed by atoms with Crippen molar-refractivity contribution in [2.45, 2.75) is 33.7 Å². The second-order valence-corrected chi connectivity index (χ2v) is 7.60. The van der Waals surface area contributed by atoms with Crippen LogP contribution in [0.15, 0.2) is 53.3 Å². The molecule has 0 bridgehead atoms. The maximum Gasteiger partial charge on any atom is 0.337 e. The van der Waals surface area contributed by atoms with Crippen molar-refractivity contribution in [3.05, 3.63) is 70.0 Å². The average Bonchev–Trinajstić information content (AvgIpc) is 2.73. The molecular formula is C24H26N2O5. The number of nitrogens with one attached hydrogen (secondary N) is 1. The zero-order valence-corrected chi connectivity index (χ0v) is 17.8. The van der Waals surface area contributed by atoms with Gasteiger partial charge >= 0.3 is 5.97 Å². The van der Waals surface area contributed by atoms with Crippen molar-refractivity contribution >= 4 is 28.5 Å². The highest BCUT2D eigenvalue weighted by Crippen LogP contribution is 2.29. The number of amides is 1. The van der Waals surface area contributed by atoms with Gasteiger partial charge in [0.05, 0.1) is 23.4 Å². The van der Waals surface area contributed by atoms with Crippen LogP contribution in [-0.4, -0.2) is 28.2 Å². The van der Waals surface area contributed by atoms with Crippen molar-refractivity contribution in [2.24, 2.45) is 5.92 Å². The fraction of sp³-hybridized carbons (Fsp3) is 0.292. The normalized spacial score (nSPS) is 11.0. The van der Waals surface area contributed by atoms with Gasteiger partial charge in [-0.05, 0) is 43.5 Å². The summed E-state index contributed by atoms with van der Waals surface area (Å²) < 4.78 is 7.35. The van der Waals surface area contributed by atoms with Gasteiger partial charge in [0.1, 0.15) is 11.3 Å². The Bertz CT molecular complexity index is 1180. The van der Waals surface area contributed by atoms with Crippen LogP contribution in [0.3, 0.4) is 0 Å². The molecule has 7 nitrogen and oxygen atoms in total. The maximum absolute atomic E-state index is 13.4. The molecule has 31 heavy (non-hydrogen) atoms. The zero-order valence-electron chi connectivity index (χ0n) is 17.8. The maximum atomic E-state index is 13.4. The first-order valence-corrected chi connectivity index (χ1v) is 10.3. The van der Waals surface area contributed by atoms with Crippen LogP contribution in [0, 0.1) is 5.92 Å². The van der Waals surface area contributed by atoms with Crippen LogP contribution >= 0.6 is 0 Å². The van der Waals surface area contributed by atoms with E-state index in [1.54, 1.807) is 23.6 Å². The number of benzene rings is 2. The van der Waals surface area contributed by atoms with E-state index in [1.807, 2.05) is 24.3 Å². The number of hydrogen-bond donors (Lipinski definition) is 2. The number of hydrogen-bond acceptors (Lipinski definition) is 4. The summed E-state index contributed by atoms with van der Waals surface area (Å²) >= 11 is 0. The van der Waals surface area contributed by atoms with Crippen molar-refractivity contribution in [3.63, 3.8) is 0 Å². The molecule has 3 rings (SSSR count). The lowest BCUT2D eigenvalue weighted by Crippen LogP contribution is -2.31. The smallest absolute Gasteiger partial charge is 0.337 e. The van der Waals surface area contributed by atoms with Crippen molar-refractivity contribution in [2.75, 3.05) is 11.9 Å². The number of carboxylic acids is 1. The Morgan fingerprint density at radius 1 is 1.10 bits per heavy atom. The van der Waals surface area contributed by atoms with E-state index in [-0.39, 0.29) is 29.2 Å². The molecule has 0 aliphatic rings. The molecule has 7 heteroatoms. The molecule has 1 aromatic heterocycles. The van der Waals surface area contributed by atoms with Gasteiger partial charge in [0.25, 0.3) is 11.5 Å². The molecule has 0 spiro atoms. The summed E-state index contributed by atoms with van der Waals surface area (Å²) in [6.45, 7) is 6.64. The molecular weight excluding hydrogens is 396 g/mol. The first-order chi connectivity index (χ1) is 14.8. The van der Waals surface area contributed by atoms with Gasteiger partial charge in [-0.15, -0.1) is 0 Å². The van der Waals surface area contributed by atoms with Crippen molar-refractivity contribution in [1.29, 1.82) is 0 Å². The van der Waals surface area contributed by atoms with Crippen molar-refractivity contribution in [3.8, 4) is 5.75 Å². The molecule has 0 aliphatic heterocycles. The highest BCUT2D eigenvalue weighted by atomic mass is 16.5. The molecule has 0 atom stereocenters. The van der Waals surface area contributed by atoms with Crippen LogP contribution in [-0.2, 0) is 6.54 Å². The van der Waals surface area contributed by atoms with Gasteiger partial charge in [0, 0.05) is 11.9 Å². The fourth-order valence-corrected chi connectivity index (χ4v) is 3.44. The molecule has 162 valence electrons. The molecule has 2 aromatic carbocycles. The summed E-state index contributed by atoms with van der Waals surface area (Å²) in [6, 6.07) is 13.4. The van der Waals surface area contributed by atoms with E-state index in [0.29, 0.717) is 23.4 Å². The Morgan fingerprint density at radius 2 is 1.77 bits per heavy atom. The quantitative estimate of drug-likeness (QED) is 0.561. The Kier molecular flexibility index (Phi) is 6.74. The van der Waals surface area contributed by atoms with Crippen molar-refractivity contribution < 1.29 is 19.4 Å². The third-order valence-electron chi connectivity index (χ3n) is 4.98. The van der Waals surface area contributed by atoms with Gasteiger partial charge in [-0.2, -0.15) is 0 Å². The first-order valence-electron chi connectivity index (χ1n) is 10.3. The zero-order chi connectivity index (χ0) is 22.5. The van der Waals surface area contributed by atoms with Gasteiger partial charge in [0.15, 0.2) is 0 Å². The van der Waals surface area contributed by atoms with E-state index in [1.165, 1.54) is 12.1 Å². The number of carbonyl (C=O) groups excluding carboxylic acids is 1. The van der Waals surface area contributed by atoms with E-state index >= 15 is 0 Å². The molecule has 0 aliphatic carbocycles. The van der Waals surface area contributed by atoms with E-state index in [4.69, 9.17) is 4.74 Å². The molecule has 2 N–H and O–H groups in total. The molecule has 0 fully saturated rings. The first kappa shape index (κ1) is 22.1. The summed E-state index contributed by atoms with van der Waals surface area (Å²) in [4.78, 5) is 38.2. The Labute approximate surface area is 180 Å². The SMILES string of the molecule is CCOc1c(C(=O)Nc2ccccc2C(=O)O)c(=O)n(CCC(C)C)c2ccccc12. The number of ether oxygens (including phenoxy) is 1. The Balaban J connectivity index is 2.19. The van der Waals surface area contributed by atoms with Gasteiger partial charge in [-0.25, -0.2) is 4.79 Å². The van der Waals surface area contributed by atoms with E-state index in [9.17, 15) is 19.5 Å². The minimum absolute atomic E-state index is 0.0604.